The van der Waals surface area contributed by atoms with Crippen LogP contribution >= 0.6 is 0 Å². The second-order valence-corrected chi connectivity index (χ2v) is 3.57. The van der Waals surface area contributed by atoms with Crippen LogP contribution in [0.2, 0.25) is 0 Å². The van der Waals surface area contributed by atoms with E-state index < -0.39 is 5.97 Å². The first-order valence-electron chi connectivity index (χ1n) is 4.71. The Hall–Kier alpha value is -1.85. The molecule has 0 bridgehead atoms. The van der Waals surface area contributed by atoms with E-state index in [1.165, 1.54) is 6.20 Å². The van der Waals surface area contributed by atoms with Crippen LogP contribution in [0.4, 0.5) is 0 Å². The number of hydrogen-bond acceptors (Lipinski definition) is 3. The third kappa shape index (κ3) is 2.15. The van der Waals surface area contributed by atoms with E-state index in [1.54, 1.807) is 0 Å². The number of H-pyrrole nitrogens is 1. The summed E-state index contributed by atoms with van der Waals surface area (Å²) in [6.07, 6.45) is 3.28. The highest BCUT2D eigenvalue weighted by Crippen LogP contribution is 2.28. The van der Waals surface area contributed by atoms with Gasteiger partial charge in [-0.25, -0.2) is 4.79 Å². The van der Waals surface area contributed by atoms with E-state index in [-0.39, 0.29) is 24.1 Å². The zero-order chi connectivity index (χ0) is 10.8. The van der Waals surface area contributed by atoms with Gasteiger partial charge in [0.25, 0.3) is 0 Å². The van der Waals surface area contributed by atoms with E-state index in [0.29, 0.717) is 5.56 Å². The molecule has 0 radical (unpaired) electrons. The lowest BCUT2D eigenvalue weighted by Crippen LogP contribution is -2.24. The molecular formula is C9H11N3O3. The standard InChI is InChI=1S/C9H11N3O3/c13-8(5-1-2-5)10-3-6-4-11-12-7(6)9(14)15/h4-5H,1-3H2,(H,10,13)(H,11,12)(H,14,15). The summed E-state index contributed by atoms with van der Waals surface area (Å²) < 4.78 is 0. The van der Waals surface area contributed by atoms with Crippen molar-refractivity contribution >= 4 is 11.9 Å². The largest absolute Gasteiger partial charge is 0.477 e. The molecule has 1 aliphatic rings. The van der Waals surface area contributed by atoms with Crippen molar-refractivity contribution in [3.05, 3.63) is 17.5 Å². The fourth-order valence-electron chi connectivity index (χ4n) is 1.30. The molecule has 3 N–H and O–H groups in total. The number of nitrogens with zero attached hydrogens (tertiary/aromatic N) is 1. The van der Waals surface area contributed by atoms with Crippen LogP contribution in [-0.4, -0.2) is 27.2 Å². The SMILES string of the molecule is O=C(O)c1[nH]ncc1CNC(=O)C1CC1. The predicted molar refractivity (Wildman–Crippen MR) is 50.1 cm³/mol. The Balaban J connectivity index is 1.94. The quantitative estimate of drug-likeness (QED) is 0.657. The Labute approximate surface area is 85.7 Å². The van der Waals surface area contributed by atoms with Crippen molar-refractivity contribution in [2.24, 2.45) is 5.92 Å². The Morgan fingerprint density at radius 2 is 2.33 bits per heavy atom. The van der Waals surface area contributed by atoms with E-state index in [0.717, 1.165) is 12.8 Å². The molecule has 1 fully saturated rings. The summed E-state index contributed by atoms with van der Waals surface area (Å²) in [7, 11) is 0. The lowest BCUT2D eigenvalue weighted by atomic mass is 10.2. The van der Waals surface area contributed by atoms with Crippen molar-refractivity contribution < 1.29 is 14.7 Å². The number of aromatic amines is 1. The average Bonchev–Trinajstić information content (AvgIpc) is 2.93. The minimum Gasteiger partial charge on any atom is -0.477 e. The van der Waals surface area contributed by atoms with E-state index in [9.17, 15) is 9.59 Å². The Morgan fingerprint density at radius 3 is 2.93 bits per heavy atom. The second-order valence-electron chi connectivity index (χ2n) is 3.57. The molecule has 1 saturated carbocycles. The highest BCUT2D eigenvalue weighted by atomic mass is 16.4. The van der Waals surface area contributed by atoms with E-state index >= 15 is 0 Å². The van der Waals surface area contributed by atoms with Gasteiger partial charge in [-0.1, -0.05) is 0 Å². The summed E-state index contributed by atoms with van der Waals surface area (Å²) in [4.78, 5) is 22.0. The number of carbonyl (C=O) groups is 2. The topological polar surface area (TPSA) is 95.1 Å². The normalized spacial score (nSPS) is 14.9. The molecule has 0 atom stereocenters. The van der Waals surface area contributed by atoms with Crippen LogP contribution in [0.3, 0.4) is 0 Å². The van der Waals surface area contributed by atoms with Crippen molar-refractivity contribution in [2.45, 2.75) is 19.4 Å². The average molecular weight is 209 g/mol. The first kappa shape index (κ1) is 9.70. The lowest BCUT2D eigenvalue weighted by Gasteiger charge is -2.02. The number of aromatic nitrogens is 2. The lowest BCUT2D eigenvalue weighted by molar-refractivity contribution is -0.122. The molecule has 0 aliphatic heterocycles. The molecule has 1 aromatic rings. The number of amides is 1. The molecule has 80 valence electrons. The van der Waals surface area contributed by atoms with E-state index in [2.05, 4.69) is 15.5 Å². The molecule has 6 nitrogen and oxygen atoms in total. The van der Waals surface area contributed by atoms with Crippen molar-refractivity contribution in [3.8, 4) is 0 Å². The van der Waals surface area contributed by atoms with Gasteiger partial charge in [0.1, 0.15) is 5.69 Å². The number of rotatable bonds is 4. The van der Waals surface area contributed by atoms with Gasteiger partial charge in [-0.2, -0.15) is 5.10 Å². The van der Waals surface area contributed by atoms with Gasteiger partial charge in [0.15, 0.2) is 0 Å². The molecule has 1 amide bonds. The predicted octanol–water partition coefficient (Wildman–Crippen LogP) is 0.134. The Kier molecular flexibility index (Phi) is 2.40. The molecular weight excluding hydrogens is 198 g/mol. The second kappa shape index (κ2) is 3.72. The van der Waals surface area contributed by atoms with E-state index in [1.807, 2.05) is 0 Å². The maximum atomic E-state index is 11.3. The summed E-state index contributed by atoms with van der Waals surface area (Å²) in [5, 5.41) is 17.4. The number of hydrogen-bond donors (Lipinski definition) is 3. The van der Waals surface area contributed by atoms with Crippen molar-refractivity contribution in [1.82, 2.24) is 15.5 Å². The van der Waals surface area contributed by atoms with Crippen molar-refractivity contribution in [3.63, 3.8) is 0 Å². The molecule has 6 heteroatoms. The monoisotopic (exact) mass is 209 g/mol. The number of carboxylic acids is 1. The molecule has 15 heavy (non-hydrogen) atoms. The molecule has 0 aromatic carbocycles. The van der Waals surface area contributed by atoms with E-state index in [4.69, 9.17) is 5.11 Å². The molecule has 0 spiro atoms. The van der Waals surface area contributed by atoms with Gasteiger partial charge < -0.3 is 10.4 Å². The summed E-state index contributed by atoms with van der Waals surface area (Å²) >= 11 is 0. The van der Waals surface area contributed by atoms with Gasteiger partial charge >= 0.3 is 5.97 Å². The van der Waals surface area contributed by atoms with Crippen LogP contribution < -0.4 is 5.32 Å². The fraction of sp³-hybridized carbons (Fsp3) is 0.444. The summed E-state index contributed by atoms with van der Waals surface area (Å²) in [6.45, 7) is 0.216. The van der Waals surface area contributed by atoms with Crippen molar-refractivity contribution in [2.75, 3.05) is 0 Å². The number of nitrogens with one attached hydrogen (secondary N) is 2. The summed E-state index contributed by atoms with van der Waals surface area (Å²) in [6, 6.07) is 0. The highest BCUT2D eigenvalue weighted by molar-refractivity contribution is 5.87. The van der Waals surface area contributed by atoms with Gasteiger partial charge in [-0.05, 0) is 12.8 Å². The van der Waals surface area contributed by atoms with Gasteiger partial charge in [0.2, 0.25) is 5.91 Å². The minimum absolute atomic E-state index is 0.00691. The zero-order valence-electron chi connectivity index (χ0n) is 7.99. The summed E-state index contributed by atoms with van der Waals surface area (Å²) in [5.41, 5.74) is 0.530. The van der Waals surface area contributed by atoms with Gasteiger partial charge in [0.05, 0.1) is 6.20 Å². The minimum atomic E-state index is -1.07. The molecule has 0 saturated heterocycles. The first-order valence-corrected chi connectivity index (χ1v) is 4.71. The first-order chi connectivity index (χ1) is 7.18. The maximum Gasteiger partial charge on any atom is 0.354 e. The number of aromatic carboxylic acids is 1. The van der Waals surface area contributed by atoms with Gasteiger partial charge in [-0.3, -0.25) is 9.89 Å². The molecule has 0 unspecified atom stereocenters. The molecule has 2 rings (SSSR count). The van der Waals surface area contributed by atoms with Gasteiger partial charge in [0, 0.05) is 18.0 Å². The number of carboxylic acid groups (broad SMARTS) is 1. The Morgan fingerprint density at radius 1 is 1.60 bits per heavy atom. The highest BCUT2D eigenvalue weighted by Gasteiger charge is 2.29. The van der Waals surface area contributed by atoms with Crippen LogP contribution in [0, 0.1) is 5.92 Å². The molecule has 1 heterocycles. The fourth-order valence-corrected chi connectivity index (χ4v) is 1.30. The van der Waals surface area contributed by atoms with Gasteiger partial charge in [-0.15, -0.1) is 0 Å². The Bertz CT molecular complexity index is 395. The van der Waals surface area contributed by atoms with Crippen LogP contribution in [0.15, 0.2) is 6.20 Å². The summed E-state index contributed by atoms with van der Waals surface area (Å²) in [5.74, 6) is -0.944. The third-order valence-corrected chi connectivity index (χ3v) is 2.33. The molecule has 1 aromatic heterocycles. The zero-order valence-corrected chi connectivity index (χ0v) is 7.99. The van der Waals surface area contributed by atoms with Crippen LogP contribution in [0.25, 0.3) is 0 Å². The smallest absolute Gasteiger partial charge is 0.354 e. The molecule has 1 aliphatic carbocycles. The van der Waals surface area contributed by atoms with Crippen LogP contribution in [0.5, 0.6) is 0 Å². The maximum absolute atomic E-state index is 11.3. The third-order valence-electron chi connectivity index (χ3n) is 2.33. The van der Waals surface area contributed by atoms with Crippen molar-refractivity contribution in [1.29, 1.82) is 0 Å². The van der Waals surface area contributed by atoms with Crippen LogP contribution in [0.1, 0.15) is 28.9 Å². The van der Waals surface area contributed by atoms with Crippen LogP contribution in [-0.2, 0) is 11.3 Å². The number of carbonyl (C=O) groups excluding carboxylic acids is 1.